The summed E-state index contributed by atoms with van der Waals surface area (Å²) in [5.74, 6) is 2.24. The summed E-state index contributed by atoms with van der Waals surface area (Å²) in [5.41, 5.74) is 3.14. The van der Waals surface area contributed by atoms with Crippen LogP contribution in [0.1, 0.15) is 83.8 Å². The van der Waals surface area contributed by atoms with Crippen molar-refractivity contribution >= 4 is 27.9 Å². The summed E-state index contributed by atoms with van der Waals surface area (Å²) in [6.45, 7) is 7.29. The maximum atomic E-state index is 11.3. The lowest BCUT2D eigenvalue weighted by Gasteiger charge is -2.50. The molecule has 5 unspecified atom stereocenters. The molecular formula is C30H50BrFO7. The molecule has 1 N–H and O–H groups in total. The zero-order valence-corrected chi connectivity index (χ0v) is 25.1. The Morgan fingerprint density at radius 3 is 2.36 bits per heavy atom. The molecule has 226 valence electrons. The maximum absolute atomic E-state index is 11.3. The number of methoxy groups -OCH3 is 2. The Hall–Kier alpha value is -1.71. The van der Waals surface area contributed by atoms with Crippen LogP contribution in [0.25, 0.3) is 0 Å². The van der Waals surface area contributed by atoms with Crippen molar-refractivity contribution in [2.24, 2.45) is 17.3 Å². The van der Waals surface area contributed by atoms with E-state index in [1.54, 1.807) is 0 Å². The van der Waals surface area contributed by atoms with E-state index in [-0.39, 0.29) is 48.0 Å². The standard InChI is InChI=1S/C24H34O5.C3H5BrO2.C2H6.CH4.FH/c1-24-11-10-19-18-7-5-17(29-15-23(26)27-2)14-16(18)4-6-20(19)21(24)8-9-22(24)28-13-3-12-25;1-6-3(5)2-4;1-2;;/h5,7,14,19-22,25H,3-4,6,8-13,15H2,1-2H3;2H2,1H3;1-2H3;1H4;1H. The van der Waals surface area contributed by atoms with Gasteiger partial charge in [0.2, 0.25) is 0 Å². The molecule has 0 saturated heterocycles. The number of ether oxygens (including phenoxy) is 4. The van der Waals surface area contributed by atoms with Crippen LogP contribution >= 0.6 is 15.9 Å². The molecule has 7 nitrogen and oxygen atoms in total. The van der Waals surface area contributed by atoms with Crippen molar-refractivity contribution in [2.75, 3.05) is 39.4 Å². The molecule has 3 aliphatic carbocycles. The number of esters is 2. The SMILES string of the molecule is C.CC.COC(=O)CBr.COC(=O)COc1ccc2c(c1)CCC1C2CCC2(C)C(OCCCO)CCC12.F. The number of benzene rings is 1. The van der Waals surface area contributed by atoms with E-state index in [4.69, 9.17) is 14.6 Å². The van der Waals surface area contributed by atoms with E-state index in [0.717, 1.165) is 36.8 Å². The molecule has 9 heteroatoms. The van der Waals surface area contributed by atoms with E-state index in [2.05, 4.69) is 44.5 Å². The van der Waals surface area contributed by atoms with E-state index in [0.29, 0.717) is 18.6 Å². The van der Waals surface area contributed by atoms with Gasteiger partial charge in [0.1, 0.15) is 11.1 Å². The zero-order valence-electron chi connectivity index (χ0n) is 23.5. The van der Waals surface area contributed by atoms with Crippen molar-refractivity contribution in [1.82, 2.24) is 0 Å². The third kappa shape index (κ3) is 9.42. The molecular weight excluding hydrogens is 571 g/mol. The van der Waals surface area contributed by atoms with E-state index >= 15 is 0 Å². The normalized spacial score (nSPS) is 25.7. The fourth-order valence-corrected chi connectivity index (χ4v) is 6.65. The quantitative estimate of drug-likeness (QED) is 0.209. The number of carbonyl (C=O) groups excluding carboxylic acids is 2. The largest absolute Gasteiger partial charge is 0.482 e. The van der Waals surface area contributed by atoms with Crippen molar-refractivity contribution in [3.63, 3.8) is 0 Å². The summed E-state index contributed by atoms with van der Waals surface area (Å²) in [7, 11) is 2.73. The van der Waals surface area contributed by atoms with Gasteiger partial charge in [0, 0.05) is 13.2 Å². The number of aliphatic hydroxyl groups is 1. The van der Waals surface area contributed by atoms with E-state index < -0.39 is 0 Å². The highest BCUT2D eigenvalue weighted by Crippen LogP contribution is 2.61. The average molecular weight is 622 g/mol. The van der Waals surface area contributed by atoms with Gasteiger partial charge in [-0.3, -0.25) is 9.50 Å². The zero-order chi connectivity index (χ0) is 27.4. The molecule has 0 spiro atoms. The number of fused-ring (bicyclic) bond motifs is 5. The summed E-state index contributed by atoms with van der Waals surface area (Å²) in [4.78, 5) is 21.2. The Morgan fingerprint density at radius 2 is 1.77 bits per heavy atom. The van der Waals surface area contributed by atoms with Crippen LogP contribution in [0.15, 0.2) is 18.2 Å². The van der Waals surface area contributed by atoms with Gasteiger partial charge in [-0.2, -0.15) is 0 Å². The number of carbonyl (C=O) groups is 2. The minimum absolute atomic E-state index is 0. The van der Waals surface area contributed by atoms with Crippen LogP contribution < -0.4 is 4.74 Å². The summed E-state index contributed by atoms with van der Waals surface area (Å²) in [6.07, 6.45) is 8.22. The second-order valence-electron chi connectivity index (χ2n) is 9.91. The minimum Gasteiger partial charge on any atom is -0.482 e. The lowest BCUT2D eigenvalue weighted by atomic mass is 9.55. The highest BCUT2D eigenvalue weighted by Gasteiger charge is 2.55. The first-order valence-corrected chi connectivity index (χ1v) is 14.7. The van der Waals surface area contributed by atoms with Gasteiger partial charge in [-0.25, -0.2) is 4.79 Å². The van der Waals surface area contributed by atoms with Crippen molar-refractivity contribution in [3.05, 3.63) is 29.3 Å². The molecule has 39 heavy (non-hydrogen) atoms. The van der Waals surface area contributed by atoms with Crippen LogP contribution in [0.5, 0.6) is 5.75 Å². The third-order valence-electron chi connectivity index (χ3n) is 8.15. The van der Waals surface area contributed by atoms with Crippen LogP contribution in [0.2, 0.25) is 0 Å². The molecule has 0 heterocycles. The molecule has 0 amide bonds. The van der Waals surface area contributed by atoms with Gasteiger partial charge in [-0.1, -0.05) is 50.2 Å². The Bertz CT molecular complexity index is 862. The number of hydrogen-bond donors (Lipinski definition) is 1. The lowest BCUT2D eigenvalue weighted by molar-refractivity contribution is -0.143. The van der Waals surface area contributed by atoms with Crippen molar-refractivity contribution in [3.8, 4) is 5.75 Å². The van der Waals surface area contributed by atoms with Gasteiger partial charge >= 0.3 is 11.9 Å². The molecule has 1 aromatic carbocycles. The van der Waals surface area contributed by atoms with Gasteiger partial charge in [-0.15, -0.1) is 0 Å². The number of alkyl halides is 1. The van der Waals surface area contributed by atoms with Crippen molar-refractivity contribution in [1.29, 1.82) is 0 Å². The molecule has 1 aromatic rings. The molecule has 2 fully saturated rings. The monoisotopic (exact) mass is 620 g/mol. The minimum atomic E-state index is -0.355. The number of aryl methyl sites for hydroxylation is 1. The Kier molecular flexibility index (Phi) is 17.8. The molecule has 2 saturated carbocycles. The summed E-state index contributed by atoms with van der Waals surface area (Å²) >= 11 is 2.90. The molecule has 0 aromatic heterocycles. The highest BCUT2D eigenvalue weighted by atomic mass is 79.9. The Balaban J connectivity index is 0.00000128. The molecule has 5 atom stereocenters. The number of rotatable bonds is 8. The first kappa shape index (κ1) is 37.3. The fraction of sp³-hybridized carbons (Fsp3) is 0.733. The Labute approximate surface area is 242 Å². The second-order valence-corrected chi connectivity index (χ2v) is 10.5. The molecule has 0 bridgehead atoms. The first-order chi connectivity index (χ1) is 17.9. The van der Waals surface area contributed by atoms with Crippen LogP contribution in [0, 0.1) is 17.3 Å². The lowest BCUT2D eigenvalue weighted by Crippen LogP contribution is -2.44. The van der Waals surface area contributed by atoms with Crippen LogP contribution in [0.4, 0.5) is 4.70 Å². The van der Waals surface area contributed by atoms with Crippen LogP contribution in [-0.2, 0) is 30.2 Å². The van der Waals surface area contributed by atoms with E-state index in [1.165, 1.54) is 51.0 Å². The number of aliphatic hydroxyl groups excluding tert-OH is 1. The maximum Gasteiger partial charge on any atom is 0.343 e. The third-order valence-corrected chi connectivity index (χ3v) is 8.61. The van der Waals surface area contributed by atoms with Gasteiger partial charge in [0.05, 0.1) is 20.3 Å². The molecule has 4 rings (SSSR count). The molecule has 3 aliphatic rings. The van der Waals surface area contributed by atoms with E-state index in [9.17, 15) is 9.59 Å². The average Bonchev–Trinajstić information content (AvgIpc) is 3.28. The van der Waals surface area contributed by atoms with Crippen molar-refractivity contribution < 1.29 is 38.3 Å². The summed E-state index contributed by atoms with van der Waals surface area (Å²) < 4.78 is 20.7. The second kappa shape index (κ2) is 18.6. The molecule has 0 radical (unpaired) electrons. The van der Waals surface area contributed by atoms with Crippen LogP contribution in [0.3, 0.4) is 0 Å². The Morgan fingerprint density at radius 1 is 1.08 bits per heavy atom. The van der Waals surface area contributed by atoms with E-state index in [1.807, 2.05) is 19.9 Å². The smallest absolute Gasteiger partial charge is 0.343 e. The highest BCUT2D eigenvalue weighted by molar-refractivity contribution is 9.09. The fourth-order valence-electron chi connectivity index (χ4n) is 6.42. The number of halogens is 2. The predicted molar refractivity (Wildman–Crippen MR) is 156 cm³/mol. The van der Waals surface area contributed by atoms with Gasteiger partial charge in [0.25, 0.3) is 0 Å². The first-order valence-electron chi connectivity index (χ1n) is 13.6. The van der Waals surface area contributed by atoms with Crippen molar-refractivity contribution in [2.45, 2.75) is 85.2 Å². The van der Waals surface area contributed by atoms with Gasteiger partial charge < -0.3 is 24.1 Å². The molecule has 0 aliphatic heterocycles. The van der Waals surface area contributed by atoms with Crippen LogP contribution in [-0.4, -0.2) is 62.5 Å². The topological polar surface area (TPSA) is 91.3 Å². The van der Waals surface area contributed by atoms with Gasteiger partial charge in [-0.05, 0) is 91.4 Å². The summed E-state index contributed by atoms with van der Waals surface area (Å²) in [5, 5.41) is 9.35. The summed E-state index contributed by atoms with van der Waals surface area (Å²) in [6, 6.07) is 6.36. The van der Waals surface area contributed by atoms with Gasteiger partial charge in [0.15, 0.2) is 6.61 Å². The predicted octanol–water partition coefficient (Wildman–Crippen LogP) is 6.23. The number of hydrogen-bond acceptors (Lipinski definition) is 7.